The second kappa shape index (κ2) is 9.74. The Kier molecular flexibility index (Phi) is 6.36. The lowest BCUT2D eigenvalue weighted by atomic mass is 9.93. The first-order valence-corrected chi connectivity index (χ1v) is 11.2. The maximum atomic E-state index is 12.7. The van der Waals surface area contributed by atoms with Crippen LogP contribution in [0.4, 0.5) is 14.6 Å². The van der Waals surface area contributed by atoms with Gasteiger partial charge in [0.1, 0.15) is 5.82 Å². The summed E-state index contributed by atoms with van der Waals surface area (Å²) in [4.78, 5) is 28.2. The van der Waals surface area contributed by atoms with Crippen LogP contribution in [0.5, 0.6) is 6.01 Å². The Morgan fingerprint density at radius 3 is 2.86 bits per heavy atom. The maximum Gasteiger partial charge on any atom is 0.317 e. The summed E-state index contributed by atoms with van der Waals surface area (Å²) in [7, 11) is 0. The fourth-order valence-electron chi connectivity index (χ4n) is 4.10. The number of pyridine rings is 1. The van der Waals surface area contributed by atoms with Crippen molar-refractivity contribution < 1.29 is 23.4 Å². The van der Waals surface area contributed by atoms with Gasteiger partial charge in [0.05, 0.1) is 40.8 Å². The molecule has 1 amide bonds. The first-order chi connectivity index (χ1) is 16.9. The van der Waals surface area contributed by atoms with Crippen LogP contribution in [-0.2, 0) is 0 Å². The number of ether oxygens (including phenoxy) is 1. The lowest BCUT2D eigenvalue weighted by molar-refractivity contribution is 0.0770. The molecule has 1 fully saturated rings. The minimum absolute atomic E-state index is 0.141. The van der Waals surface area contributed by atoms with Crippen LogP contribution in [0, 0.1) is 0 Å². The number of alkyl halides is 2. The molecule has 3 N–H and O–H groups in total. The van der Waals surface area contributed by atoms with E-state index in [-0.39, 0.29) is 24.1 Å². The first-order valence-electron chi connectivity index (χ1n) is 11.2. The number of aromatic nitrogens is 6. The van der Waals surface area contributed by atoms with Crippen molar-refractivity contribution in [1.82, 2.24) is 29.7 Å². The Labute approximate surface area is 198 Å². The van der Waals surface area contributed by atoms with Crippen LogP contribution < -0.4 is 10.1 Å². The molecule has 0 radical (unpaired) electrons. The second-order valence-electron chi connectivity index (χ2n) is 8.39. The molecule has 1 aliphatic carbocycles. The fourth-order valence-corrected chi connectivity index (χ4v) is 4.10. The van der Waals surface area contributed by atoms with Gasteiger partial charge in [0.15, 0.2) is 6.61 Å². The zero-order valence-corrected chi connectivity index (χ0v) is 18.6. The van der Waals surface area contributed by atoms with Crippen LogP contribution in [-0.4, -0.2) is 59.9 Å². The van der Waals surface area contributed by atoms with Gasteiger partial charge in [-0.25, -0.2) is 18.7 Å². The number of hydrogen-bond acceptors (Lipinski definition) is 7. The number of aliphatic hydroxyl groups is 1. The molecule has 1 saturated carbocycles. The van der Waals surface area contributed by atoms with Crippen LogP contribution in [0.15, 0.2) is 43.0 Å². The average Bonchev–Trinajstić information content (AvgIpc) is 3.51. The van der Waals surface area contributed by atoms with E-state index in [4.69, 9.17) is 4.74 Å². The Balaban J connectivity index is 1.28. The molecular formula is C23H23F2N7O3. The molecule has 182 valence electrons. The molecule has 4 aromatic heterocycles. The van der Waals surface area contributed by atoms with Gasteiger partial charge >= 0.3 is 6.01 Å². The number of aliphatic hydroxyl groups excluding tert-OH is 1. The van der Waals surface area contributed by atoms with Crippen molar-refractivity contribution >= 4 is 22.6 Å². The molecular weight excluding hydrogens is 460 g/mol. The molecule has 0 saturated heterocycles. The van der Waals surface area contributed by atoms with E-state index in [0.717, 1.165) is 31.1 Å². The zero-order chi connectivity index (χ0) is 24.4. The minimum atomic E-state index is -2.62. The first kappa shape index (κ1) is 22.8. The zero-order valence-electron chi connectivity index (χ0n) is 18.6. The van der Waals surface area contributed by atoms with Gasteiger partial charge in [-0.2, -0.15) is 10.1 Å². The van der Waals surface area contributed by atoms with E-state index in [9.17, 15) is 18.7 Å². The van der Waals surface area contributed by atoms with E-state index in [1.165, 1.54) is 12.4 Å². The monoisotopic (exact) mass is 483 g/mol. The van der Waals surface area contributed by atoms with Gasteiger partial charge in [-0.1, -0.05) is 0 Å². The summed E-state index contributed by atoms with van der Waals surface area (Å²) >= 11 is 0. The quantitative estimate of drug-likeness (QED) is 0.366. The van der Waals surface area contributed by atoms with E-state index < -0.39 is 13.0 Å². The van der Waals surface area contributed by atoms with Crippen molar-refractivity contribution in [3.63, 3.8) is 0 Å². The van der Waals surface area contributed by atoms with Gasteiger partial charge in [-0.05, 0) is 37.8 Å². The van der Waals surface area contributed by atoms with Gasteiger partial charge < -0.3 is 20.1 Å². The number of amides is 1. The second-order valence-corrected chi connectivity index (χ2v) is 8.39. The largest absolute Gasteiger partial charge is 0.457 e. The fraction of sp³-hybridized carbons (Fsp3) is 0.348. The average molecular weight is 483 g/mol. The molecule has 35 heavy (non-hydrogen) atoms. The van der Waals surface area contributed by atoms with Crippen molar-refractivity contribution in [3.8, 4) is 17.4 Å². The molecule has 1 aliphatic rings. The standard InChI is InChI=1S/C23H23F2N7O3/c24-20(25)12-35-23-26-6-5-17(30-23)19-7-13-9-27-21(8-18(13)29-19)31-22(34)14-10-28-32(11-14)15-1-3-16(33)4-2-15/h5-11,15-16,20,29,33H,1-4,12H2,(H,27,31,34). The normalized spacial score (nSPS) is 18.2. The van der Waals surface area contributed by atoms with Crippen molar-refractivity contribution in [2.24, 2.45) is 0 Å². The molecule has 0 bridgehead atoms. The van der Waals surface area contributed by atoms with Gasteiger partial charge in [0, 0.05) is 30.0 Å². The highest BCUT2D eigenvalue weighted by Gasteiger charge is 2.22. The summed E-state index contributed by atoms with van der Waals surface area (Å²) in [6, 6.07) is 5.16. The molecule has 12 heteroatoms. The smallest absolute Gasteiger partial charge is 0.317 e. The topological polar surface area (TPSA) is 131 Å². The third kappa shape index (κ3) is 5.27. The number of rotatable bonds is 7. The van der Waals surface area contributed by atoms with Crippen molar-refractivity contribution in [2.75, 3.05) is 11.9 Å². The third-order valence-corrected chi connectivity index (χ3v) is 5.90. The van der Waals surface area contributed by atoms with Crippen molar-refractivity contribution in [3.05, 3.63) is 48.5 Å². The summed E-state index contributed by atoms with van der Waals surface area (Å²) in [6.07, 6.45) is 6.50. The molecule has 4 heterocycles. The number of fused-ring (bicyclic) bond motifs is 1. The number of hydrogen-bond donors (Lipinski definition) is 3. The number of nitrogens with zero attached hydrogens (tertiary/aromatic N) is 5. The number of carbonyl (C=O) groups is 1. The molecule has 4 aromatic rings. The van der Waals surface area contributed by atoms with E-state index >= 15 is 0 Å². The molecule has 0 aliphatic heterocycles. The summed E-state index contributed by atoms with van der Waals surface area (Å²) in [5.74, 6) is 0.0235. The Bertz CT molecular complexity index is 1330. The maximum absolute atomic E-state index is 12.7. The number of aromatic amines is 1. The van der Waals surface area contributed by atoms with Gasteiger partial charge in [0.25, 0.3) is 12.3 Å². The minimum Gasteiger partial charge on any atom is -0.457 e. The van der Waals surface area contributed by atoms with E-state index in [1.807, 2.05) is 0 Å². The molecule has 0 atom stereocenters. The van der Waals surface area contributed by atoms with Crippen LogP contribution in [0.2, 0.25) is 0 Å². The highest BCUT2D eigenvalue weighted by Crippen LogP contribution is 2.28. The summed E-state index contributed by atoms with van der Waals surface area (Å²) < 4.78 is 31.4. The third-order valence-electron chi connectivity index (χ3n) is 5.90. The van der Waals surface area contributed by atoms with Crippen molar-refractivity contribution in [2.45, 2.75) is 44.3 Å². The lowest BCUT2D eigenvalue weighted by Gasteiger charge is -2.25. The molecule has 0 spiro atoms. The summed E-state index contributed by atoms with van der Waals surface area (Å²) in [6.45, 7) is -0.786. The Hall–Kier alpha value is -3.93. The van der Waals surface area contributed by atoms with Crippen LogP contribution >= 0.6 is 0 Å². The Morgan fingerprint density at radius 1 is 1.23 bits per heavy atom. The van der Waals surface area contributed by atoms with Crippen LogP contribution in [0.1, 0.15) is 42.1 Å². The number of halogens is 2. The number of nitrogens with one attached hydrogen (secondary N) is 2. The summed E-state index contributed by atoms with van der Waals surface area (Å²) in [5.41, 5.74) is 2.21. The molecule has 5 rings (SSSR count). The predicted molar refractivity (Wildman–Crippen MR) is 122 cm³/mol. The van der Waals surface area contributed by atoms with Crippen molar-refractivity contribution in [1.29, 1.82) is 0 Å². The van der Waals surface area contributed by atoms with E-state index in [2.05, 4.69) is 30.4 Å². The Morgan fingerprint density at radius 2 is 2.06 bits per heavy atom. The number of anilines is 1. The SMILES string of the molecule is O=C(Nc1cc2[nH]c(-c3ccnc(OCC(F)F)n3)cc2cn1)c1cnn(C2CCC(O)CC2)c1. The number of carbonyl (C=O) groups excluding carboxylic acids is 1. The molecule has 0 aromatic carbocycles. The predicted octanol–water partition coefficient (Wildman–Crippen LogP) is 3.59. The van der Waals surface area contributed by atoms with Gasteiger partial charge in [0.2, 0.25) is 0 Å². The van der Waals surface area contributed by atoms with E-state index in [1.54, 1.807) is 35.3 Å². The van der Waals surface area contributed by atoms with Crippen LogP contribution in [0.25, 0.3) is 22.3 Å². The summed E-state index contributed by atoms with van der Waals surface area (Å²) in [5, 5.41) is 17.6. The molecule has 10 nitrogen and oxygen atoms in total. The van der Waals surface area contributed by atoms with E-state index in [0.29, 0.717) is 28.3 Å². The van der Waals surface area contributed by atoms with Gasteiger partial charge in [-0.15, -0.1) is 0 Å². The van der Waals surface area contributed by atoms with Crippen LogP contribution in [0.3, 0.4) is 0 Å². The molecule has 0 unspecified atom stereocenters. The van der Waals surface area contributed by atoms with Gasteiger partial charge in [-0.3, -0.25) is 9.48 Å². The highest BCUT2D eigenvalue weighted by atomic mass is 19.3. The number of H-pyrrole nitrogens is 1. The lowest BCUT2D eigenvalue weighted by Crippen LogP contribution is -2.21. The highest BCUT2D eigenvalue weighted by molar-refractivity contribution is 6.04.